The lowest BCUT2D eigenvalue weighted by Crippen LogP contribution is -2.33. The Morgan fingerprint density at radius 2 is 2.24 bits per heavy atom. The maximum atomic E-state index is 11.7. The van der Waals surface area contributed by atoms with Crippen molar-refractivity contribution in [1.82, 2.24) is 4.90 Å². The van der Waals surface area contributed by atoms with Crippen LogP contribution in [0.4, 0.5) is 4.79 Å². The van der Waals surface area contributed by atoms with Crippen molar-refractivity contribution in [2.45, 2.75) is 32.9 Å². The van der Waals surface area contributed by atoms with E-state index in [1.54, 1.807) is 18.5 Å². The van der Waals surface area contributed by atoms with E-state index in [1.807, 2.05) is 20.8 Å². The van der Waals surface area contributed by atoms with Crippen molar-refractivity contribution in [2.75, 3.05) is 7.05 Å². The SMILES string of the molecule is CN(Cc1cc(C#N)cs1)C(=O)OC(C)(C)C. The van der Waals surface area contributed by atoms with Crippen LogP contribution >= 0.6 is 11.3 Å². The van der Waals surface area contributed by atoms with Gasteiger partial charge in [-0.2, -0.15) is 5.26 Å². The summed E-state index contributed by atoms with van der Waals surface area (Å²) in [6, 6.07) is 3.85. The highest BCUT2D eigenvalue weighted by Gasteiger charge is 2.19. The third-order valence-electron chi connectivity index (χ3n) is 1.88. The number of hydrogen-bond donors (Lipinski definition) is 0. The molecule has 0 N–H and O–H groups in total. The van der Waals surface area contributed by atoms with Crippen LogP contribution in [0.2, 0.25) is 0 Å². The van der Waals surface area contributed by atoms with Gasteiger partial charge in [-0.1, -0.05) is 0 Å². The molecular weight excluding hydrogens is 236 g/mol. The van der Waals surface area contributed by atoms with E-state index in [0.29, 0.717) is 12.1 Å². The molecule has 0 aliphatic carbocycles. The fourth-order valence-electron chi connectivity index (χ4n) is 1.16. The molecule has 0 radical (unpaired) electrons. The smallest absolute Gasteiger partial charge is 0.410 e. The number of carbonyl (C=O) groups is 1. The summed E-state index contributed by atoms with van der Waals surface area (Å²) in [7, 11) is 1.68. The highest BCUT2D eigenvalue weighted by molar-refractivity contribution is 7.10. The quantitative estimate of drug-likeness (QED) is 0.813. The van der Waals surface area contributed by atoms with Crippen molar-refractivity contribution in [1.29, 1.82) is 5.26 Å². The summed E-state index contributed by atoms with van der Waals surface area (Å²) < 4.78 is 5.23. The van der Waals surface area contributed by atoms with Gasteiger partial charge in [-0.3, -0.25) is 0 Å². The second-order valence-electron chi connectivity index (χ2n) is 4.75. The molecule has 0 saturated carbocycles. The highest BCUT2D eigenvalue weighted by Crippen LogP contribution is 2.17. The first-order valence-corrected chi connectivity index (χ1v) is 6.11. The molecule has 0 aliphatic heterocycles. The van der Waals surface area contributed by atoms with Gasteiger partial charge in [-0.05, 0) is 26.8 Å². The van der Waals surface area contributed by atoms with Crippen molar-refractivity contribution < 1.29 is 9.53 Å². The normalized spacial score (nSPS) is 10.8. The number of hydrogen-bond acceptors (Lipinski definition) is 4. The Balaban J connectivity index is 2.57. The van der Waals surface area contributed by atoms with Gasteiger partial charge in [0, 0.05) is 17.3 Å². The van der Waals surface area contributed by atoms with Crippen molar-refractivity contribution in [3.8, 4) is 6.07 Å². The van der Waals surface area contributed by atoms with Gasteiger partial charge in [0.2, 0.25) is 0 Å². The van der Waals surface area contributed by atoms with Gasteiger partial charge in [0.25, 0.3) is 0 Å². The largest absolute Gasteiger partial charge is 0.444 e. The molecule has 1 aromatic rings. The van der Waals surface area contributed by atoms with Gasteiger partial charge in [0.15, 0.2) is 0 Å². The fraction of sp³-hybridized carbons (Fsp3) is 0.500. The minimum atomic E-state index is -0.487. The summed E-state index contributed by atoms with van der Waals surface area (Å²) in [6.07, 6.45) is -0.357. The van der Waals surface area contributed by atoms with Gasteiger partial charge in [0.05, 0.1) is 12.1 Å². The molecule has 0 fully saturated rings. The number of rotatable bonds is 2. The molecule has 17 heavy (non-hydrogen) atoms. The Bertz CT molecular complexity index is 440. The Morgan fingerprint density at radius 3 is 2.71 bits per heavy atom. The zero-order valence-electron chi connectivity index (χ0n) is 10.5. The minimum Gasteiger partial charge on any atom is -0.444 e. The van der Waals surface area contributed by atoms with Crippen LogP contribution in [0.15, 0.2) is 11.4 Å². The van der Waals surface area contributed by atoms with Crippen LogP contribution in [0.25, 0.3) is 0 Å². The van der Waals surface area contributed by atoms with Crippen LogP contribution in [-0.4, -0.2) is 23.6 Å². The molecule has 0 saturated heterocycles. The summed E-state index contributed by atoms with van der Waals surface area (Å²) in [5.41, 5.74) is 0.140. The number of amides is 1. The van der Waals surface area contributed by atoms with Crippen LogP contribution in [0.5, 0.6) is 0 Å². The van der Waals surface area contributed by atoms with Gasteiger partial charge in [-0.15, -0.1) is 11.3 Å². The molecule has 92 valence electrons. The van der Waals surface area contributed by atoms with Gasteiger partial charge >= 0.3 is 6.09 Å². The van der Waals surface area contributed by atoms with Crippen LogP contribution in [0.3, 0.4) is 0 Å². The van der Waals surface area contributed by atoms with E-state index in [-0.39, 0.29) is 6.09 Å². The van der Waals surface area contributed by atoms with Crippen molar-refractivity contribution in [3.05, 3.63) is 21.9 Å². The average molecular weight is 252 g/mol. The van der Waals surface area contributed by atoms with Crippen LogP contribution in [0.1, 0.15) is 31.2 Å². The lowest BCUT2D eigenvalue weighted by atomic mass is 10.2. The van der Waals surface area contributed by atoms with Gasteiger partial charge in [0.1, 0.15) is 11.7 Å². The maximum Gasteiger partial charge on any atom is 0.410 e. The lowest BCUT2D eigenvalue weighted by Gasteiger charge is -2.24. The summed E-state index contributed by atoms with van der Waals surface area (Å²) in [5, 5.41) is 10.5. The van der Waals surface area contributed by atoms with E-state index in [0.717, 1.165) is 4.88 Å². The predicted molar refractivity (Wildman–Crippen MR) is 66.7 cm³/mol. The first-order chi connectivity index (χ1) is 7.81. The van der Waals surface area contributed by atoms with E-state index >= 15 is 0 Å². The third-order valence-corrected chi connectivity index (χ3v) is 2.80. The molecule has 1 amide bonds. The lowest BCUT2D eigenvalue weighted by molar-refractivity contribution is 0.0287. The standard InChI is InChI=1S/C12H16N2O2S/c1-12(2,3)16-11(15)14(4)7-10-5-9(6-13)8-17-10/h5,8H,7H2,1-4H3. The zero-order chi connectivity index (χ0) is 13.1. The topological polar surface area (TPSA) is 53.3 Å². The highest BCUT2D eigenvalue weighted by atomic mass is 32.1. The molecule has 0 aromatic carbocycles. The summed E-state index contributed by atoms with van der Waals surface area (Å²) in [6.45, 7) is 5.95. The molecule has 1 rings (SSSR count). The van der Waals surface area contributed by atoms with Crippen molar-refractivity contribution >= 4 is 17.4 Å². The monoisotopic (exact) mass is 252 g/mol. The molecule has 0 aliphatic rings. The Hall–Kier alpha value is -1.54. The van der Waals surface area contributed by atoms with Crippen LogP contribution in [0, 0.1) is 11.3 Å². The number of ether oxygens (including phenoxy) is 1. The molecule has 4 nitrogen and oxygen atoms in total. The molecular formula is C12H16N2O2S. The van der Waals surface area contributed by atoms with E-state index in [2.05, 4.69) is 6.07 Å². The van der Waals surface area contributed by atoms with E-state index < -0.39 is 5.60 Å². The second kappa shape index (κ2) is 5.19. The van der Waals surface area contributed by atoms with Crippen LogP contribution < -0.4 is 0 Å². The van der Waals surface area contributed by atoms with Crippen molar-refractivity contribution in [3.63, 3.8) is 0 Å². The molecule has 0 unspecified atom stereocenters. The number of nitriles is 1. The maximum absolute atomic E-state index is 11.7. The molecule has 5 heteroatoms. The summed E-state index contributed by atoms with van der Waals surface area (Å²) >= 11 is 1.47. The molecule has 0 spiro atoms. The fourth-order valence-corrected chi connectivity index (χ4v) is 2.02. The van der Waals surface area contributed by atoms with Crippen molar-refractivity contribution in [2.24, 2.45) is 0 Å². The first-order valence-electron chi connectivity index (χ1n) is 5.23. The predicted octanol–water partition coefficient (Wildman–Crippen LogP) is 2.99. The number of nitrogens with zero attached hydrogens (tertiary/aromatic N) is 2. The number of carbonyl (C=O) groups excluding carboxylic acids is 1. The zero-order valence-corrected chi connectivity index (χ0v) is 11.3. The Morgan fingerprint density at radius 1 is 1.59 bits per heavy atom. The van der Waals surface area contributed by atoms with E-state index in [1.165, 1.54) is 16.2 Å². The van der Waals surface area contributed by atoms with E-state index in [4.69, 9.17) is 10.00 Å². The molecule has 0 bridgehead atoms. The minimum absolute atomic E-state index is 0.357. The van der Waals surface area contributed by atoms with Gasteiger partial charge < -0.3 is 9.64 Å². The number of thiophene rings is 1. The third kappa shape index (κ3) is 4.45. The Labute approximate surface area is 105 Å². The average Bonchev–Trinajstić information content (AvgIpc) is 2.62. The molecule has 1 heterocycles. The first kappa shape index (κ1) is 13.5. The molecule has 0 atom stereocenters. The van der Waals surface area contributed by atoms with Gasteiger partial charge in [-0.25, -0.2) is 4.79 Å². The summed E-state index contributed by atoms with van der Waals surface area (Å²) in [5.74, 6) is 0. The second-order valence-corrected chi connectivity index (χ2v) is 5.75. The van der Waals surface area contributed by atoms with Crippen LogP contribution in [-0.2, 0) is 11.3 Å². The Kier molecular flexibility index (Phi) is 4.13. The van der Waals surface area contributed by atoms with E-state index in [9.17, 15) is 4.79 Å². The molecule has 1 aromatic heterocycles. The summed E-state index contributed by atoms with van der Waals surface area (Å²) in [4.78, 5) is 14.1.